The van der Waals surface area contributed by atoms with Crippen molar-refractivity contribution in [3.8, 4) is 11.8 Å². The molecule has 0 unspecified atom stereocenters. The Bertz CT molecular complexity index is 788. The Hall–Kier alpha value is -2.16. The Morgan fingerprint density at radius 2 is 2.22 bits per heavy atom. The van der Waals surface area contributed by atoms with E-state index in [-0.39, 0.29) is 5.91 Å². The molecule has 6 heteroatoms. The number of nitrogens with zero attached hydrogens (tertiary/aromatic N) is 2. The lowest BCUT2D eigenvalue weighted by molar-refractivity contribution is 0.0976. The van der Waals surface area contributed by atoms with E-state index in [0.717, 1.165) is 4.90 Å². The SMILES string of the molecule is N#CCSc1cccc(C(=O)N2CCOc3ccc(Cl)cc32)c1. The quantitative estimate of drug-likeness (QED) is 0.790. The van der Waals surface area contributed by atoms with Crippen LogP contribution in [0.25, 0.3) is 0 Å². The van der Waals surface area contributed by atoms with Gasteiger partial charge in [-0.15, -0.1) is 11.8 Å². The largest absolute Gasteiger partial charge is 0.490 e. The highest BCUT2D eigenvalue weighted by Crippen LogP contribution is 2.35. The van der Waals surface area contributed by atoms with Crippen LogP contribution in [-0.2, 0) is 0 Å². The Morgan fingerprint density at radius 1 is 1.35 bits per heavy atom. The van der Waals surface area contributed by atoms with Crippen LogP contribution >= 0.6 is 23.4 Å². The number of benzene rings is 2. The van der Waals surface area contributed by atoms with Gasteiger partial charge in [-0.25, -0.2) is 0 Å². The van der Waals surface area contributed by atoms with Gasteiger partial charge in [-0.2, -0.15) is 5.26 Å². The molecule has 0 fully saturated rings. The molecule has 2 aromatic rings. The number of hydrogen-bond acceptors (Lipinski definition) is 4. The molecule has 2 aromatic carbocycles. The molecule has 1 aliphatic heterocycles. The molecule has 0 aromatic heterocycles. The number of nitriles is 1. The first-order valence-electron chi connectivity index (χ1n) is 7.03. The molecule has 1 amide bonds. The number of rotatable bonds is 3. The minimum atomic E-state index is -0.101. The van der Waals surface area contributed by atoms with E-state index in [1.807, 2.05) is 18.2 Å². The zero-order chi connectivity index (χ0) is 16.2. The average Bonchev–Trinajstić information content (AvgIpc) is 2.59. The summed E-state index contributed by atoms with van der Waals surface area (Å²) < 4.78 is 5.58. The van der Waals surface area contributed by atoms with Crippen molar-refractivity contribution in [2.24, 2.45) is 0 Å². The Labute approximate surface area is 143 Å². The van der Waals surface area contributed by atoms with Crippen LogP contribution in [0.2, 0.25) is 5.02 Å². The number of amides is 1. The molecule has 0 atom stereocenters. The molecular formula is C17H13ClN2O2S. The fraction of sp³-hybridized carbons (Fsp3) is 0.176. The van der Waals surface area contributed by atoms with Crippen molar-refractivity contribution < 1.29 is 9.53 Å². The lowest BCUT2D eigenvalue weighted by Crippen LogP contribution is -2.37. The van der Waals surface area contributed by atoms with Crippen molar-refractivity contribution in [1.82, 2.24) is 0 Å². The molecule has 0 bridgehead atoms. The third kappa shape index (κ3) is 3.44. The minimum absolute atomic E-state index is 0.101. The standard InChI is InChI=1S/C17H13ClN2O2S/c18-13-4-5-16-15(11-13)20(7-8-22-16)17(21)12-2-1-3-14(10-12)23-9-6-19/h1-5,10-11H,7-9H2. The fourth-order valence-electron chi connectivity index (χ4n) is 2.39. The van der Waals surface area contributed by atoms with Crippen LogP contribution in [0.5, 0.6) is 5.75 Å². The predicted octanol–water partition coefficient (Wildman–Crippen LogP) is 3.99. The second kappa shape index (κ2) is 6.95. The van der Waals surface area contributed by atoms with Gasteiger partial charge in [0.1, 0.15) is 12.4 Å². The van der Waals surface area contributed by atoms with Crippen molar-refractivity contribution in [1.29, 1.82) is 5.26 Å². The molecule has 1 aliphatic rings. The zero-order valence-corrected chi connectivity index (χ0v) is 13.7. The number of ether oxygens (including phenoxy) is 1. The van der Waals surface area contributed by atoms with Crippen LogP contribution in [0.1, 0.15) is 10.4 Å². The van der Waals surface area contributed by atoms with E-state index < -0.39 is 0 Å². The molecule has 0 saturated heterocycles. The monoisotopic (exact) mass is 344 g/mol. The van der Waals surface area contributed by atoms with Gasteiger partial charge in [0, 0.05) is 15.5 Å². The van der Waals surface area contributed by atoms with E-state index in [9.17, 15) is 4.79 Å². The van der Waals surface area contributed by atoms with Crippen LogP contribution in [0.15, 0.2) is 47.4 Å². The van der Waals surface area contributed by atoms with Crippen molar-refractivity contribution in [2.75, 3.05) is 23.8 Å². The Morgan fingerprint density at radius 3 is 3.04 bits per heavy atom. The van der Waals surface area contributed by atoms with E-state index in [2.05, 4.69) is 6.07 Å². The van der Waals surface area contributed by atoms with E-state index in [4.69, 9.17) is 21.6 Å². The summed E-state index contributed by atoms with van der Waals surface area (Å²) in [7, 11) is 0. The summed E-state index contributed by atoms with van der Waals surface area (Å²) in [6.45, 7) is 0.922. The van der Waals surface area contributed by atoms with Gasteiger partial charge in [-0.3, -0.25) is 4.79 Å². The molecule has 0 aliphatic carbocycles. The number of thioether (sulfide) groups is 1. The van der Waals surface area contributed by atoms with E-state index in [0.29, 0.717) is 40.9 Å². The average molecular weight is 345 g/mol. The van der Waals surface area contributed by atoms with Gasteiger partial charge >= 0.3 is 0 Å². The van der Waals surface area contributed by atoms with Crippen molar-refractivity contribution in [3.63, 3.8) is 0 Å². The summed E-state index contributed by atoms with van der Waals surface area (Å²) in [5.41, 5.74) is 1.27. The van der Waals surface area contributed by atoms with Crippen molar-refractivity contribution >= 4 is 35.0 Å². The Balaban J connectivity index is 1.90. The molecule has 23 heavy (non-hydrogen) atoms. The second-order valence-corrected chi connectivity index (χ2v) is 6.38. The van der Waals surface area contributed by atoms with Gasteiger partial charge in [-0.05, 0) is 36.4 Å². The summed E-state index contributed by atoms with van der Waals surface area (Å²) in [4.78, 5) is 15.4. The van der Waals surface area contributed by atoms with E-state index >= 15 is 0 Å². The van der Waals surface area contributed by atoms with Gasteiger partial charge in [-0.1, -0.05) is 17.7 Å². The summed E-state index contributed by atoms with van der Waals surface area (Å²) in [5.74, 6) is 0.911. The normalized spacial score (nSPS) is 13.0. The smallest absolute Gasteiger partial charge is 0.258 e. The number of hydrogen-bond donors (Lipinski definition) is 0. The number of carbonyl (C=O) groups is 1. The van der Waals surface area contributed by atoms with Crippen LogP contribution in [-0.4, -0.2) is 24.8 Å². The first kappa shape index (κ1) is 15.7. The van der Waals surface area contributed by atoms with Crippen LogP contribution in [0.3, 0.4) is 0 Å². The molecule has 4 nitrogen and oxygen atoms in total. The summed E-state index contributed by atoms with van der Waals surface area (Å²) in [5, 5.41) is 9.23. The lowest BCUT2D eigenvalue weighted by Gasteiger charge is -2.29. The highest BCUT2D eigenvalue weighted by atomic mass is 35.5. The summed E-state index contributed by atoms with van der Waals surface area (Å²) in [6.07, 6.45) is 0. The maximum Gasteiger partial charge on any atom is 0.258 e. The van der Waals surface area contributed by atoms with Crippen LogP contribution in [0, 0.1) is 11.3 Å². The second-order valence-electron chi connectivity index (χ2n) is 4.89. The van der Waals surface area contributed by atoms with Gasteiger partial charge in [0.05, 0.1) is 24.1 Å². The highest BCUT2D eigenvalue weighted by Gasteiger charge is 2.25. The third-order valence-corrected chi connectivity index (χ3v) is 4.51. The Kier molecular flexibility index (Phi) is 4.75. The minimum Gasteiger partial charge on any atom is -0.490 e. The lowest BCUT2D eigenvalue weighted by atomic mass is 10.1. The molecular weight excluding hydrogens is 332 g/mol. The van der Waals surface area contributed by atoms with Gasteiger partial charge in [0.2, 0.25) is 0 Å². The number of fused-ring (bicyclic) bond motifs is 1. The molecule has 0 saturated carbocycles. The van der Waals surface area contributed by atoms with E-state index in [1.165, 1.54) is 11.8 Å². The van der Waals surface area contributed by atoms with Crippen LogP contribution < -0.4 is 9.64 Å². The maximum absolute atomic E-state index is 12.9. The van der Waals surface area contributed by atoms with Gasteiger partial charge in [0.25, 0.3) is 5.91 Å². The van der Waals surface area contributed by atoms with Crippen LogP contribution in [0.4, 0.5) is 5.69 Å². The molecule has 0 radical (unpaired) electrons. The predicted molar refractivity (Wildman–Crippen MR) is 91.4 cm³/mol. The summed E-state index contributed by atoms with van der Waals surface area (Å²) in [6, 6.07) is 14.6. The molecule has 116 valence electrons. The molecule has 0 N–H and O–H groups in total. The first-order chi connectivity index (χ1) is 11.2. The number of anilines is 1. The topological polar surface area (TPSA) is 53.3 Å². The van der Waals surface area contributed by atoms with E-state index in [1.54, 1.807) is 29.2 Å². The molecule has 0 spiro atoms. The fourth-order valence-corrected chi connectivity index (χ4v) is 3.17. The highest BCUT2D eigenvalue weighted by molar-refractivity contribution is 7.99. The van der Waals surface area contributed by atoms with Gasteiger partial charge < -0.3 is 9.64 Å². The number of halogens is 1. The van der Waals surface area contributed by atoms with Gasteiger partial charge in [0.15, 0.2) is 0 Å². The summed E-state index contributed by atoms with van der Waals surface area (Å²) >= 11 is 7.46. The number of carbonyl (C=O) groups excluding carboxylic acids is 1. The molecule has 3 rings (SSSR count). The van der Waals surface area contributed by atoms with Crippen molar-refractivity contribution in [3.05, 3.63) is 53.1 Å². The first-order valence-corrected chi connectivity index (χ1v) is 8.39. The molecule has 1 heterocycles. The zero-order valence-electron chi connectivity index (χ0n) is 12.2. The van der Waals surface area contributed by atoms with Crippen molar-refractivity contribution in [2.45, 2.75) is 4.90 Å². The third-order valence-electron chi connectivity index (χ3n) is 3.41. The maximum atomic E-state index is 12.9.